The average Bonchev–Trinajstić information content (AvgIpc) is 4.01. The smallest absolute Gasteiger partial charge is 0.164 e. The first kappa shape index (κ1) is 18.5. The Morgan fingerprint density at radius 2 is 1.26 bits per heavy atom. The van der Waals surface area contributed by atoms with E-state index in [4.69, 9.17) is 21.8 Å². The SMILES string of the molecule is [2H]c1c([2H])c([2H])c2c(c1[2H])-c1c([2H])c([2H])c3c(c1C2c1nc(-c2ccc(-c4ccccc4)cc2)nc(-c2cccc4sc5ccccc5c24)n1)C(C([2H])([2H])[2H])(C([2H])([2H])[2H])c1c([2H])c([2H])c([2H])c([2H])c1-3. The van der Waals surface area contributed by atoms with E-state index < -0.39 is 108 Å². The summed E-state index contributed by atoms with van der Waals surface area (Å²) in [5, 5.41) is 1.69. The van der Waals surface area contributed by atoms with Crippen LogP contribution in [0.4, 0.5) is 0 Å². The highest BCUT2D eigenvalue weighted by atomic mass is 32.1. The van der Waals surface area contributed by atoms with E-state index in [1.54, 1.807) is 23.5 Å². The lowest BCUT2D eigenvalue weighted by Crippen LogP contribution is -2.19. The van der Waals surface area contributed by atoms with Gasteiger partial charge in [-0.2, -0.15) is 0 Å². The zero-order valence-corrected chi connectivity index (χ0v) is 28.4. The highest BCUT2D eigenvalue weighted by Crippen LogP contribution is 2.58. The van der Waals surface area contributed by atoms with Crippen LogP contribution in [0.1, 0.15) is 69.6 Å². The van der Waals surface area contributed by atoms with Gasteiger partial charge in [-0.15, -0.1) is 11.3 Å². The first-order valence-electron chi connectivity index (χ1n) is 24.9. The lowest BCUT2D eigenvalue weighted by atomic mass is 9.77. The topological polar surface area (TPSA) is 38.7 Å². The number of rotatable bonds is 4. The van der Waals surface area contributed by atoms with Crippen LogP contribution in [-0.2, 0) is 5.41 Å². The summed E-state index contributed by atoms with van der Waals surface area (Å²) in [4.78, 5) is 15.2. The summed E-state index contributed by atoms with van der Waals surface area (Å²) >= 11 is 1.55. The third-order valence-corrected chi connectivity index (χ3v) is 11.3. The van der Waals surface area contributed by atoms with E-state index in [-0.39, 0.29) is 39.7 Å². The highest BCUT2D eigenvalue weighted by molar-refractivity contribution is 7.25. The zero-order valence-electron chi connectivity index (χ0n) is 43.6. The second kappa shape index (κ2) is 11.4. The molecule has 4 heteroatoms. The molecule has 2 heterocycles. The molecule has 0 saturated carbocycles. The molecule has 0 fully saturated rings. The van der Waals surface area contributed by atoms with E-state index in [1.807, 2.05) is 84.9 Å². The van der Waals surface area contributed by atoms with Gasteiger partial charge < -0.3 is 0 Å². The summed E-state index contributed by atoms with van der Waals surface area (Å²) in [7, 11) is 0. The normalized spacial score (nSPS) is 19.7. The second-order valence-electron chi connectivity index (χ2n) is 13.1. The van der Waals surface area contributed by atoms with Crippen LogP contribution in [0.25, 0.3) is 76.3 Å². The standard InChI is InChI=1S/C49H33N3S/c1-49(2)39-20-10-8-16-33(39)36-28-27-35-32-15-6-7-17-34(32)44(43(35)45(36)49)48-51-46(31-25-23-30(24-26-31)29-13-4-3-5-14-29)50-47(52-48)38-19-12-22-41-42(38)37-18-9-11-21-40(37)53-41/h3-28,44H,1-2H3/i1D3,2D3,6D,7D,8D,10D,15D,16D,17D,20D,27D,28D. The lowest BCUT2D eigenvalue weighted by Gasteiger charge is -2.26. The molecule has 0 bridgehead atoms. The largest absolute Gasteiger partial charge is 0.212 e. The van der Waals surface area contributed by atoms with E-state index in [2.05, 4.69) is 0 Å². The number of benzene rings is 7. The summed E-state index contributed by atoms with van der Waals surface area (Å²) in [6, 6.07) is 22.7. The van der Waals surface area contributed by atoms with Gasteiger partial charge in [0.15, 0.2) is 11.6 Å². The van der Waals surface area contributed by atoms with Gasteiger partial charge in [0.2, 0.25) is 0 Å². The van der Waals surface area contributed by atoms with Gasteiger partial charge in [0, 0.05) is 44.9 Å². The van der Waals surface area contributed by atoms with E-state index in [0.717, 1.165) is 31.3 Å². The Kier molecular flexibility index (Phi) is 3.97. The van der Waals surface area contributed by atoms with Crippen molar-refractivity contribution in [3.05, 3.63) is 186 Å². The minimum atomic E-state index is -3.67. The Bertz CT molecular complexity index is 3700. The fourth-order valence-electron chi connectivity index (χ4n) is 7.80. The van der Waals surface area contributed by atoms with E-state index >= 15 is 0 Å². The predicted molar refractivity (Wildman–Crippen MR) is 219 cm³/mol. The second-order valence-corrected chi connectivity index (χ2v) is 14.2. The third kappa shape index (κ3) is 4.49. The molecule has 2 aliphatic carbocycles. The predicted octanol–water partition coefficient (Wildman–Crippen LogP) is 12.7. The fraction of sp³-hybridized carbons (Fsp3) is 0.0816. The molecule has 1 atom stereocenters. The van der Waals surface area contributed by atoms with Gasteiger partial charge in [0.05, 0.1) is 19.6 Å². The molecule has 7 aromatic carbocycles. The van der Waals surface area contributed by atoms with Crippen molar-refractivity contribution >= 4 is 31.5 Å². The summed E-state index contributed by atoms with van der Waals surface area (Å²) in [6.07, 6.45) is 0. The molecule has 3 nitrogen and oxygen atoms in total. The van der Waals surface area contributed by atoms with Gasteiger partial charge in [-0.1, -0.05) is 159 Å². The van der Waals surface area contributed by atoms with Crippen molar-refractivity contribution in [2.24, 2.45) is 0 Å². The molecule has 0 radical (unpaired) electrons. The van der Waals surface area contributed by atoms with E-state index in [1.165, 1.54) is 0 Å². The number of hydrogen-bond donors (Lipinski definition) is 0. The van der Waals surface area contributed by atoms with Crippen LogP contribution in [-0.4, -0.2) is 15.0 Å². The molecule has 0 aliphatic heterocycles. The van der Waals surface area contributed by atoms with Crippen LogP contribution in [0.5, 0.6) is 0 Å². The number of aromatic nitrogens is 3. The van der Waals surface area contributed by atoms with Crippen molar-refractivity contribution in [3.8, 4) is 56.2 Å². The molecule has 53 heavy (non-hydrogen) atoms. The first-order valence-corrected chi connectivity index (χ1v) is 17.7. The van der Waals surface area contributed by atoms with Gasteiger partial charge in [-0.05, 0) is 67.8 Å². The monoisotopic (exact) mass is 711 g/mol. The van der Waals surface area contributed by atoms with Crippen LogP contribution < -0.4 is 0 Å². The van der Waals surface area contributed by atoms with Gasteiger partial charge >= 0.3 is 0 Å². The zero-order chi connectivity index (χ0) is 49.0. The summed E-state index contributed by atoms with van der Waals surface area (Å²) in [5.74, 6) is -1.72. The molecule has 250 valence electrons. The van der Waals surface area contributed by atoms with Crippen molar-refractivity contribution in [1.29, 1.82) is 0 Å². The third-order valence-electron chi connectivity index (χ3n) is 10.1. The molecule has 2 aromatic heterocycles. The maximum atomic E-state index is 9.65. The van der Waals surface area contributed by atoms with Crippen molar-refractivity contribution < 1.29 is 21.9 Å². The Balaban J connectivity index is 1.32. The lowest BCUT2D eigenvalue weighted by molar-refractivity contribution is 0.648. The quantitative estimate of drug-likeness (QED) is 0.182. The fourth-order valence-corrected chi connectivity index (χ4v) is 8.93. The van der Waals surface area contributed by atoms with Crippen molar-refractivity contribution in [2.75, 3.05) is 0 Å². The molecule has 0 spiro atoms. The summed E-state index contributed by atoms with van der Waals surface area (Å²) in [5.41, 5.74) is -4.28. The summed E-state index contributed by atoms with van der Waals surface area (Å²) < 4.78 is 148. The van der Waals surface area contributed by atoms with Crippen molar-refractivity contribution in [1.82, 2.24) is 15.0 Å². The van der Waals surface area contributed by atoms with Crippen LogP contribution in [0.3, 0.4) is 0 Å². The molecular weight excluding hydrogens is 663 g/mol. The number of thiophene rings is 1. The summed E-state index contributed by atoms with van der Waals surface area (Å²) in [6.45, 7) is -7.33. The van der Waals surface area contributed by atoms with E-state index in [9.17, 15) is 15.1 Å². The maximum absolute atomic E-state index is 9.65. The molecule has 0 N–H and O–H groups in total. The minimum absolute atomic E-state index is 0.0858. The average molecular weight is 712 g/mol. The molecule has 2 aliphatic rings. The Morgan fingerprint density at radius 1 is 0.566 bits per heavy atom. The van der Waals surface area contributed by atoms with Crippen molar-refractivity contribution in [2.45, 2.75) is 25.0 Å². The first-order chi connectivity index (χ1) is 32.7. The van der Waals surface area contributed by atoms with Gasteiger partial charge in [0.25, 0.3) is 0 Å². The van der Waals surface area contributed by atoms with Crippen LogP contribution in [0.2, 0.25) is 0 Å². The number of nitrogens with zero attached hydrogens (tertiary/aromatic N) is 3. The minimum Gasteiger partial charge on any atom is -0.212 e. The molecule has 9 aromatic rings. The Hall–Kier alpha value is -6.23. The molecule has 11 rings (SSSR count). The number of fused-ring (bicyclic) bond motifs is 10. The highest BCUT2D eigenvalue weighted by Gasteiger charge is 2.44. The van der Waals surface area contributed by atoms with Crippen molar-refractivity contribution in [3.63, 3.8) is 0 Å². The molecule has 1 unspecified atom stereocenters. The maximum Gasteiger partial charge on any atom is 0.164 e. The molecular formula is C49H33N3S. The Labute approximate surface area is 334 Å². The van der Waals surface area contributed by atoms with E-state index in [0.29, 0.717) is 11.1 Å². The molecule has 0 amide bonds. The van der Waals surface area contributed by atoms with Crippen LogP contribution >= 0.6 is 11.3 Å². The molecule has 0 saturated heterocycles. The Morgan fingerprint density at radius 3 is 2.13 bits per heavy atom. The number of hydrogen-bond acceptors (Lipinski definition) is 4. The van der Waals surface area contributed by atoms with Gasteiger partial charge in [-0.25, -0.2) is 15.0 Å². The van der Waals surface area contributed by atoms with Gasteiger partial charge in [0.1, 0.15) is 5.82 Å². The van der Waals surface area contributed by atoms with Crippen LogP contribution in [0, 0.1) is 0 Å². The van der Waals surface area contributed by atoms with Gasteiger partial charge in [-0.3, -0.25) is 0 Å². The van der Waals surface area contributed by atoms with Crippen LogP contribution in [0.15, 0.2) is 157 Å².